The molecule has 0 aliphatic carbocycles. The number of hydrogen-bond donors (Lipinski definition) is 1. The maximum absolute atomic E-state index is 12.3. The summed E-state index contributed by atoms with van der Waals surface area (Å²) >= 11 is 4.75. The molecule has 0 bridgehead atoms. The van der Waals surface area contributed by atoms with Crippen molar-refractivity contribution in [2.24, 2.45) is 0 Å². The van der Waals surface area contributed by atoms with Crippen molar-refractivity contribution in [3.63, 3.8) is 0 Å². The fourth-order valence-electron chi connectivity index (χ4n) is 2.63. The molecule has 0 fully saturated rings. The van der Waals surface area contributed by atoms with Crippen LogP contribution < -0.4 is 5.32 Å². The first-order valence-electron chi connectivity index (χ1n) is 8.82. The molecule has 0 unspecified atom stereocenters. The Morgan fingerprint density at radius 1 is 1.10 bits per heavy atom. The number of rotatable bonds is 7. The topological polar surface area (TPSA) is 86.1 Å². The van der Waals surface area contributed by atoms with E-state index in [1.54, 1.807) is 24.3 Å². The van der Waals surface area contributed by atoms with Crippen molar-refractivity contribution in [3.8, 4) is 11.4 Å². The van der Waals surface area contributed by atoms with Crippen LogP contribution in [-0.2, 0) is 16.1 Å². The number of nitrogens with one attached hydrogen (secondary N) is 1. The minimum atomic E-state index is -0.418. The Kier molecular flexibility index (Phi) is 7.05. The third-order valence-corrected chi connectivity index (χ3v) is 5.55. The molecule has 2 aromatic carbocycles. The van der Waals surface area contributed by atoms with Crippen molar-refractivity contribution in [1.82, 2.24) is 14.8 Å². The number of aromatic nitrogens is 3. The number of halogens is 1. The van der Waals surface area contributed by atoms with Crippen LogP contribution in [0.4, 0.5) is 5.69 Å². The Balaban J connectivity index is 1.63. The second-order valence-electron chi connectivity index (χ2n) is 5.96. The molecule has 1 aromatic heterocycles. The van der Waals surface area contributed by atoms with Gasteiger partial charge in [0.05, 0.1) is 18.4 Å². The number of nitrogens with zero attached hydrogens (tertiary/aromatic N) is 3. The Bertz CT molecular complexity index is 1000. The summed E-state index contributed by atoms with van der Waals surface area (Å²) in [6.07, 6.45) is 0. The number of ether oxygens (including phenoxy) is 1. The quantitative estimate of drug-likeness (QED) is 0.406. The molecule has 0 radical (unpaired) electrons. The molecule has 1 amide bonds. The van der Waals surface area contributed by atoms with Gasteiger partial charge in [-0.25, -0.2) is 4.79 Å². The lowest BCUT2D eigenvalue weighted by Crippen LogP contribution is -2.14. The minimum Gasteiger partial charge on any atom is -0.465 e. The number of amides is 1. The van der Waals surface area contributed by atoms with E-state index >= 15 is 0 Å². The fraction of sp³-hybridized carbons (Fsp3) is 0.200. The number of carbonyl (C=O) groups excluding carboxylic acids is 2. The van der Waals surface area contributed by atoms with Crippen molar-refractivity contribution >= 4 is 45.3 Å². The molecule has 0 aliphatic rings. The number of benzene rings is 2. The van der Waals surface area contributed by atoms with E-state index in [2.05, 4.69) is 36.2 Å². The van der Waals surface area contributed by atoms with E-state index < -0.39 is 5.97 Å². The van der Waals surface area contributed by atoms with Gasteiger partial charge in [-0.1, -0.05) is 39.8 Å². The highest BCUT2D eigenvalue weighted by atomic mass is 79.9. The average molecular weight is 475 g/mol. The van der Waals surface area contributed by atoms with Crippen molar-refractivity contribution in [2.75, 3.05) is 18.2 Å². The van der Waals surface area contributed by atoms with E-state index in [9.17, 15) is 9.59 Å². The fourth-order valence-corrected chi connectivity index (χ4v) is 3.69. The largest absolute Gasteiger partial charge is 0.465 e. The van der Waals surface area contributed by atoms with Gasteiger partial charge in [-0.3, -0.25) is 4.79 Å². The number of hydrogen-bond acceptors (Lipinski definition) is 6. The lowest BCUT2D eigenvalue weighted by molar-refractivity contribution is -0.113. The number of methoxy groups -OCH3 is 1. The standard InChI is InChI=1S/C20H19BrN4O3S/c1-3-25-18(13-4-8-15(21)9-5-13)23-24-20(25)29-12-17(26)22-16-10-6-14(7-11-16)19(27)28-2/h4-11H,3,12H2,1-2H3,(H,22,26). The Morgan fingerprint density at radius 3 is 2.41 bits per heavy atom. The van der Waals surface area contributed by atoms with Crippen LogP contribution in [0, 0.1) is 0 Å². The zero-order valence-electron chi connectivity index (χ0n) is 15.9. The van der Waals surface area contributed by atoms with Crippen LogP contribution >= 0.6 is 27.7 Å². The highest BCUT2D eigenvalue weighted by molar-refractivity contribution is 9.10. The Labute approximate surface area is 181 Å². The van der Waals surface area contributed by atoms with Crippen molar-refractivity contribution in [1.29, 1.82) is 0 Å². The van der Waals surface area contributed by atoms with Gasteiger partial charge in [0.15, 0.2) is 11.0 Å². The summed E-state index contributed by atoms with van der Waals surface area (Å²) in [5.74, 6) is 0.369. The van der Waals surface area contributed by atoms with E-state index in [4.69, 9.17) is 0 Å². The summed E-state index contributed by atoms with van der Waals surface area (Å²) in [4.78, 5) is 23.7. The van der Waals surface area contributed by atoms with Crippen molar-refractivity contribution in [2.45, 2.75) is 18.6 Å². The molecule has 150 valence electrons. The normalized spacial score (nSPS) is 10.6. The maximum atomic E-state index is 12.3. The Morgan fingerprint density at radius 2 is 1.79 bits per heavy atom. The molecule has 0 saturated carbocycles. The predicted molar refractivity (Wildman–Crippen MR) is 116 cm³/mol. The smallest absolute Gasteiger partial charge is 0.337 e. The molecular formula is C20H19BrN4O3S. The molecule has 3 rings (SSSR count). The van der Waals surface area contributed by atoms with E-state index in [0.717, 1.165) is 15.9 Å². The number of thioether (sulfide) groups is 1. The van der Waals surface area contributed by atoms with Gasteiger partial charge in [-0.05, 0) is 43.3 Å². The highest BCUT2D eigenvalue weighted by Gasteiger charge is 2.15. The number of anilines is 1. The Hall–Kier alpha value is -2.65. The molecule has 0 spiro atoms. The van der Waals surface area contributed by atoms with E-state index in [-0.39, 0.29) is 11.7 Å². The monoisotopic (exact) mass is 474 g/mol. The summed E-state index contributed by atoms with van der Waals surface area (Å²) in [5, 5.41) is 12.0. The van der Waals surface area contributed by atoms with Crippen LogP contribution in [0.15, 0.2) is 58.2 Å². The van der Waals surface area contributed by atoms with Gasteiger partial charge in [0, 0.05) is 22.3 Å². The molecule has 29 heavy (non-hydrogen) atoms. The van der Waals surface area contributed by atoms with Crippen molar-refractivity contribution in [3.05, 3.63) is 58.6 Å². The second kappa shape index (κ2) is 9.71. The summed E-state index contributed by atoms with van der Waals surface area (Å²) < 4.78 is 7.63. The first-order chi connectivity index (χ1) is 14.0. The van der Waals surface area contributed by atoms with Gasteiger partial charge in [0.1, 0.15) is 0 Å². The van der Waals surface area contributed by atoms with Crippen molar-refractivity contribution < 1.29 is 14.3 Å². The molecule has 0 aliphatic heterocycles. The average Bonchev–Trinajstić information content (AvgIpc) is 3.15. The molecule has 7 nitrogen and oxygen atoms in total. The number of esters is 1. The van der Waals surface area contributed by atoms with Gasteiger partial charge in [-0.2, -0.15) is 0 Å². The molecule has 3 aromatic rings. The first kappa shape index (κ1) is 21.1. The first-order valence-corrected chi connectivity index (χ1v) is 10.6. The van der Waals surface area contributed by atoms with Gasteiger partial charge in [0.2, 0.25) is 5.91 Å². The van der Waals surface area contributed by atoms with Crippen LogP contribution in [0.2, 0.25) is 0 Å². The summed E-state index contributed by atoms with van der Waals surface area (Å²) in [5.41, 5.74) is 2.00. The summed E-state index contributed by atoms with van der Waals surface area (Å²) in [7, 11) is 1.33. The van der Waals surface area contributed by atoms with Gasteiger partial charge >= 0.3 is 5.97 Å². The lowest BCUT2D eigenvalue weighted by atomic mass is 10.2. The predicted octanol–water partition coefficient (Wildman–Crippen LogP) is 4.24. The SMILES string of the molecule is CCn1c(SCC(=O)Nc2ccc(C(=O)OC)cc2)nnc1-c1ccc(Br)cc1. The molecule has 1 heterocycles. The van der Waals surface area contributed by atoms with Crippen LogP contribution in [0.5, 0.6) is 0 Å². The van der Waals surface area contributed by atoms with Crippen LogP contribution in [0.25, 0.3) is 11.4 Å². The molecule has 1 N–H and O–H groups in total. The van der Waals surface area contributed by atoms with Crippen LogP contribution in [-0.4, -0.2) is 39.5 Å². The van der Waals surface area contributed by atoms with E-state index in [1.165, 1.54) is 18.9 Å². The van der Waals surface area contributed by atoms with Gasteiger partial charge in [-0.15, -0.1) is 10.2 Å². The minimum absolute atomic E-state index is 0.170. The third kappa shape index (κ3) is 5.24. The zero-order valence-corrected chi connectivity index (χ0v) is 18.3. The van der Waals surface area contributed by atoms with E-state index in [0.29, 0.717) is 23.0 Å². The molecule has 0 saturated heterocycles. The van der Waals surface area contributed by atoms with E-state index in [1.807, 2.05) is 35.8 Å². The summed E-state index contributed by atoms with van der Waals surface area (Å²) in [6, 6.07) is 14.4. The second-order valence-corrected chi connectivity index (χ2v) is 7.82. The van der Waals surface area contributed by atoms with Gasteiger partial charge in [0.25, 0.3) is 0 Å². The van der Waals surface area contributed by atoms with Gasteiger partial charge < -0.3 is 14.6 Å². The zero-order chi connectivity index (χ0) is 20.8. The number of carbonyl (C=O) groups is 2. The molecule has 9 heteroatoms. The molecule has 0 atom stereocenters. The molecular weight excluding hydrogens is 456 g/mol. The third-order valence-electron chi connectivity index (χ3n) is 4.06. The lowest BCUT2D eigenvalue weighted by Gasteiger charge is -2.08. The van der Waals surface area contributed by atoms with Crippen LogP contribution in [0.1, 0.15) is 17.3 Å². The van der Waals surface area contributed by atoms with Crippen LogP contribution in [0.3, 0.4) is 0 Å². The maximum Gasteiger partial charge on any atom is 0.337 e. The highest BCUT2D eigenvalue weighted by Crippen LogP contribution is 2.25. The summed E-state index contributed by atoms with van der Waals surface area (Å²) in [6.45, 7) is 2.70.